The van der Waals surface area contributed by atoms with Gasteiger partial charge in [-0.25, -0.2) is 15.0 Å². The Balaban J connectivity index is 1.36. The fraction of sp³-hybridized carbons (Fsp3) is 0.175. The smallest absolute Gasteiger partial charge is 0.377 e. The zero-order valence-electron chi connectivity index (χ0n) is 28.9. The van der Waals surface area contributed by atoms with E-state index in [-0.39, 0.29) is 22.5 Å². The Morgan fingerprint density at radius 3 is 1.45 bits per heavy atom. The number of nitrogens with zero attached hydrogens (tertiary/aromatic N) is 3. The highest BCUT2D eigenvalue weighted by atomic mass is 32.2. The Morgan fingerprint density at radius 2 is 0.946 bits per heavy atom. The maximum Gasteiger partial charge on any atom is 0.460 e. The molecule has 0 radical (unpaired) electrons. The lowest BCUT2D eigenvalue weighted by Crippen LogP contribution is -2.63. The Morgan fingerprint density at radius 1 is 0.500 bits per heavy atom. The third-order valence-corrected chi connectivity index (χ3v) is 10.7. The molecule has 6 nitrogen and oxygen atoms in total. The van der Waals surface area contributed by atoms with E-state index in [1.165, 1.54) is 30.3 Å². The minimum Gasteiger partial charge on any atom is -0.377 e. The van der Waals surface area contributed by atoms with Gasteiger partial charge in [-0.05, 0) is 39.9 Å². The van der Waals surface area contributed by atoms with Crippen LogP contribution in [0.2, 0.25) is 0 Å². The van der Waals surface area contributed by atoms with Crippen LogP contribution in [0.5, 0.6) is 5.75 Å². The van der Waals surface area contributed by atoms with Crippen molar-refractivity contribution in [2.45, 2.75) is 42.5 Å². The lowest BCUT2D eigenvalue weighted by atomic mass is 9.82. The van der Waals surface area contributed by atoms with Crippen molar-refractivity contribution < 1.29 is 52.1 Å². The Hall–Kier alpha value is -5.77. The number of hydrogen-bond acceptors (Lipinski definition) is 6. The average Bonchev–Trinajstić information content (AvgIpc) is 3.39. The van der Waals surface area contributed by atoms with Crippen molar-refractivity contribution in [3.63, 3.8) is 0 Å². The molecule has 0 bridgehead atoms. The molecule has 288 valence electrons. The molecule has 1 heterocycles. The fourth-order valence-electron chi connectivity index (χ4n) is 6.45. The summed E-state index contributed by atoms with van der Waals surface area (Å²) in [6.45, 7) is 3.39. The van der Waals surface area contributed by atoms with Crippen LogP contribution in [-0.4, -0.2) is 46.6 Å². The number of fused-ring (bicyclic) bond motifs is 3. The minimum absolute atomic E-state index is 0.0558. The van der Waals surface area contributed by atoms with Crippen LogP contribution >= 0.6 is 0 Å². The lowest BCUT2D eigenvalue weighted by Gasteiger charge is -2.32. The molecular weight excluding hydrogens is 774 g/mol. The van der Waals surface area contributed by atoms with E-state index in [0.29, 0.717) is 45.0 Å². The summed E-state index contributed by atoms with van der Waals surface area (Å²) in [5, 5.41) is -7.07. The number of alkyl halides is 9. The summed E-state index contributed by atoms with van der Waals surface area (Å²) in [4.78, 5) is 13.9. The molecule has 7 rings (SSSR count). The van der Waals surface area contributed by atoms with Gasteiger partial charge in [0.2, 0.25) is 0 Å². The van der Waals surface area contributed by atoms with Crippen molar-refractivity contribution in [3.8, 4) is 62.2 Å². The molecule has 1 aliphatic carbocycles. The minimum atomic E-state index is -7.48. The zero-order chi connectivity index (χ0) is 40.5. The number of benzene rings is 5. The van der Waals surface area contributed by atoms with E-state index in [1.807, 2.05) is 12.1 Å². The van der Waals surface area contributed by atoms with Crippen LogP contribution in [0.25, 0.3) is 56.4 Å². The number of hydrogen-bond donors (Lipinski definition) is 0. The van der Waals surface area contributed by atoms with Crippen molar-refractivity contribution in [1.82, 2.24) is 15.0 Å². The molecule has 1 aromatic heterocycles. The molecule has 6 aromatic rings. The quantitative estimate of drug-likeness (QED) is 0.107. The second-order valence-electron chi connectivity index (χ2n) is 13.4. The Bertz CT molecular complexity index is 2510. The van der Waals surface area contributed by atoms with Gasteiger partial charge in [0.1, 0.15) is 0 Å². The SMILES string of the molecule is CC1(C)c2ccccc2-c2cc(-c3ccc(-c4nc(-c5ccccc5)nc(-c5ccccc5)n4)cc3)c(OS(=O)(=O)C(F)(F)C(F)(F)C(F)(F)C(F)(F)F)cc21. The molecule has 1 aliphatic rings. The largest absolute Gasteiger partial charge is 0.460 e. The predicted octanol–water partition coefficient (Wildman–Crippen LogP) is 11.0. The molecule has 0 aliphatic heterocycles. The molecule has 0 saturated heterocycles. The third-order valence-electron chi connectivity index (χ3n) is 9.47. The zero-order valence-corrected chi connectivity index (χ0v) is 29.7. The van der Waals surface area contributed by atoms with Crippen LogP contribution in [0.15, 0.2) is 121 Å². The maximum atomic E-state index is 15.0. The highest BCUT2D eigenvalue weighted by molar-refractivity contribution is 7.88. The van der Waals surface area contributed by atoms with Crippen LogP contribution in [0.3, 0.4) is 0 Å². The van der Waals surface area contributed by atoms with E-state index in [0.717, 1.165) is 6.07 Å². The van der Waals surface area contributed by atoms with E-state index in [1.54, 1.807) is 86.6 Å². The van der Waals surface area contributed by atoms with Gasteiger partial charge in [-0.1, -0.05) is 123 Å². The number of aromatic nitrogens is 3. The van der Waals surface area contributed by atoms with Crippen LogP contribution in [0.4, 0.5) is 39.5 Å². The van der Waals surface area contributed by atoms with Crippen LogP contribution < -0.4 is 4.18 Å². The van der Waals surface area contributed by atoms with Gasteiger partial charge < -0.3 is 4.18 Å². The van der Waals surface area contributed by atoms with Gasteiger partial charge in [0.25, 0.3) is 0 Å². The van der Waals surface area contributed by atoms with Gasteiger partial charge in [0.05, 0.1) is 0 Å². The molecule has 0 unspecified atom stereocenters. The first-order valence-corrected chi connectivity index (χ1v) is 18.0. The molecule has 56 heavy (non-hydrogen) atoms. The van der Waals surface area contributed by atoms with Crippen LogP contribution in [0, 0.1) is 0 Å². The highest BCUT2D eigenvalue weighted by Gasteiger charge is 2.86. The Kier molecular flexibility index (Phi) is 9.06. The van der Waals surface area contributed by atoms with Gasteiger partial charge in [-0.3, -0.25) is 0 Å². The summed E-state index contributed by atoms with van der Waals surface area (Å²) in [5.41, 5.74) is 2.63. The van der Waals surface area contributed by atoms with Crippen molar-refractivity contribution >= 4 is 10.1 Å². The van der Waals surface area contributed by atoms with E-state index in [4.69, 9.17) is 0 Å². The number of rotatable bonds is 9. The van der Waals surface area contributed by atoms with Crippen LogP contribution in [0.1, 0.15) is 25.0 Å². The van der Waals surface area contributed by atoms with Gasteiger partial charge in [-0.15, -0.1) is 0 Å². The summed E-state index contributed by atoms with van der Waals surface area (Å²) < 4.78 is 155. The summed E-state index contributed by atoms with van der Waals surface area (Å²) in [6, 6.07) is 33.0. The molecule has 0 amide bonds. The first kappa shape index (κ1) is 38.5. The first-order valence-electron chi connectivity index (χ1n) is 16.6. The van der Waals surface area contributed by atoms with Gasteiger partial charge >= 0.3 is 33.4 Å². The van der Waals surface area contributed by atoms with Gasteiger partial charge in [0.15, 0.2) is 23.2 Å². The molecule has 16 heteroatoms. The normalized spacial score (nSPS) is 14.3. The van der Waals surface area contributed by atoms with Crippen molar-refractivity contribution in [2.75, 3.05) is 0 Å². The molecule has 0 atom stereocenters. The average molecular weight is 800 g/mol. The summed E-state index contributed by atoms with van der Waals surface area (Å²) in [6.07, 6.45) is -7.24. The molecule has 5 aromatic carbocycles. The lowest BCUT2D eigenvalue weighted by molar-refractivity contribution is -0.382. The fourth-order valence-corrected chi connectivity index (χ4v) is 7.37. The van der Waals surface area contributed by atoms with E-state index in [9.17, 15) is 47.9 Å². The van der Waals surface area contributed by atoms with Gasteiger partial charge in [-0.2, -0.15) is 47.9 Å². The molecule has 0 spiro atoms. The topological polar surface area (TPSA) is 82.0 Å². The molecule has 0 saturated carbocycles. The first-order chi connectivity index (χ1) is 26.2. The summed E-state index contributed by atoms with van der Waals surface area (Å²) in [7, 11) is -7.27. The van der Waals surface area contributed by atoms with Gasteiger partial charge in [0, 0.05) is 27.7 Å². The second-order valence-corrected chi connectivity index (χ2v) is 15.0. The standard InChI is InChI=1S/C40H26F9N3O3S/c1-36(2)30-16-10-9-15-27(30)29-21-28(32(22-31(29)36)55-56(53,54)40(48,49)38(43,44)37(41,42)39(45,46)47)23-17-19-26(20-18-23)35-51-33(24-11-5-3-6-12-24)50-34(52-35)25-13-7-4-8-14-25/h3-22H,1-2H3. The molecular formula is C40H26F9N3O3S. The maximum absolute atomic E-state index is 15.0. The predicted molar refractivity (Wildman–Crippen MR) is 190 cm³/mol. The molecule has 0 N–H and O–H groups in total. The molecule has 0 fully saturated rings. The monoisotopic (exact) mass is 799 g/mol. The third kappa shape index (κ3) is 6.15. The van der Waals surface area contributed by atoms with E-state index in [2.05, 4.69) is 19.1 Å². The van der Waals surface area contributed by atoms with E-state index < -0.39 is 44.6 Å². The van der Waals surface area contributed by atoms with E-state index >= 15 is 0 Å². The highest BCUT2D eigenvalue weighted by Crippen LogP contribution is 2.56. The van der Waals surface area contributed by atoms with Crippen molar-refractivity contribution in [2.24, 2.45) is 0 Å². The summed E-state index contributed by atoms with van der Waals surface area (Å²) >= 11 is 0. The second kappa shape index (κ2) is 13.2. The summed E-state index contributed by atoms with van der Waals surface area (Å²) in [5.74, 6) is -15.1. The number of halogens is 9. The Labute approximate surface area is 313 Å². The van der Waals surface area contributed by atoms with Crippen molar-refractivity contribution in [3.05, 3.63) is 132 Å². The van der Waals surface area contributed by atoms with Crippen LogP contribution in [-0.2, 0) is 15.5 Å². The van der Waals surface area contributed by atoms with Crippen molar-refractivity contribution in [1.29, 1.82) is 0 Å².